The smallest absolute Gasteiger partial charge is 0.290 e. The maximum absolute atomic E-state index is 13.3. The fourth-order valence-electron chi connectivity index (χ4n) is 3.95. The molecule has 2 aromatic rings. The number of fused-ring (bicyclic) bond motifs is 1. The molecule has 1 unspecified atom stereocenters. The molecular formula is C20H22Cl2N2O3. The van der Waals surface area contributed by atoms with Crippen molar-refractivity contribution in [2.24, 2.45) is 0 Å². The number of carbonyl (C=O) groups excluding carboxylic acids is 2. The van der Waals surface area contributed by atoms with Crippen LogP contribution in [0.2, 0.25) is 5.02 Å². The molecule has 5 nitrogen and oxygen atoms in total. The quantitative estimate of drug-likeness (QED) is 0.816. The highest BCUT2D eigenvalue weighted by Crippen LogP contribution is 2.33. The molecule has 0 saturated carbocycles. The number of furan rings is 1. The third-order valence-corrected chi connectivity index (χ3v) is 5.61. The van der Waals surface area contributed by atoms with E-state index in [2.05, 4.69) is 5.32 Å². The van der Waals surface area contributed by atoms with Crippen molar-refractivity contribution in [3.63, 3.8) is 0 Å². The minimum Gasteiger partial charge on any atom is -0.455 e. The van der Waals surface area contributed by atoms with E-state index in [1.54, 1.807) is 4.90 Å². The van der Waals surface area contributed by atoms with Crippen LogP contribution in [0.3, 0.4) is 0 Å². The van der Waals surface area contributed by atoms with Crippen LogP contribution in [0.25, 0.3) is 0 Å². The minimum absolute atomic E-state index is 0. The van der Waals surface area contributed by atoms with Crippen molar-refractivity contribution in [2.45, 2.75) is 32.2 Å². The molecule has 7 heteroatoms. The van der Waals surface area contributed by atoms with Gasteiger partial charge in [0, 0.05) is 43.1 Å². The molecular weight excluding hydrogens is 387 g/mol. The average molecular weight is 409 g/mol. The van der Waals surface area contributed by atoms with Crippen LogP contribution < -0.4 is 5.32 Å². The van der Waals surface area contributed by atoms with Gasteiger partial charge in [0.15, 0.2) is 11.5 Å². The molecule has 1 aliphatic heterocycles. The highest BCUT2D eigenvalue weighted by molar-refractivity contribution is 6.31. The van der Waals surface area contributed by atoms with Gasteiger partial charge in [-0.3, -0.25) is 9.59 Å². The molecule has 1 fully saturated rings. The van der Waals surface area contributed by atoms with Crippen LogP contribution in [-0.2, 0) is 6.42 Å². The predicted molar refractivity (Wildman–Crippen MR) is 106 cm³/mol. The summed E-state index contributed by atoms with van der Waals surface area (Å²) in [5.74, 6) is 0.862. The summed E-state index contributed by atoms with van der Waals surface area (Å²) in [6.45, 7) is 3.72. The molecule has 1 amide bonds. The van der Waals surface area contributed by atoms with Crippen LogP contribution in [0.4, 0.5) is 0 Å². The number of halogens is 2. The van der Waals surface area contributed by atoms with Crippen molar-refractivity contribution in [2.75, 3.05) is 19.6 Å². The molecule has 1 aromatic heterocycles. The number of amides is 1. The molecule has 1 saturated heterocycles. The Kier molecular flexibility index (Phi) is 5.94. The van der Waals surface area contributed by atoms with Gasteiger partial charge in [0.2, 0.25) is 0 Å². The van der Waals surface area contributed by atoms with Crippen molar-refractivity contribution in [1.29, 1.82) is 0 Å². The summed E-state index contributed by atoms with van der Waals surface area (Å²) in [5, 5.41) is 3.97. The van der Waals surface area contributed by atoms with Crippen LogP contribution in [0.1, 0.15) is 56.7 Å². The van der Waals surface area contributed by atoms with Gasteiger partial charge in [-0.05, 0) is 25.0 Å². The van der Waals surface area contributed by atoms with E-state index in [1.807, 2.05) is 31.2 Å². The Morgan fingerprint density at radius 1 is 1.30 bits per heavy atom. The molecule has 4 rings (SSSR count). The van der Waals surface area contributed by atoms with Gasteiger partial charge in [0.05, 0.1) is 11.6 Å². The lowest BCUT2D eigenvalue weighted by molar-refractivity contribution is 0.0598. The predicted octanol–water partition coefficient (Wildman–Crippen LogP) is 3.97. The number of hydrogen-bond donors (Lipinski definition) is 1. The lowest BCUT2D eigenvalue weighted by Gasteiger charge is -2.36. The van der Waals surface area contributed by atoms with E-state index in [9.17, 15) is 9.59 Å². The summed E-state index contributed by atoms with van der Waals surface area (Å²) < 4.78 is 5.87. The number of benzene rings is 1. The third kappa shape index (κ3) is 3.51. The molecule has 0 radical (unpaired) electrons. The van der Waals surface area contributed by atoms with Gasteiger partial charge in [-0.2, -0.15) is 0 Å². The van der Waals surface area contributed by atoms with Gasteiger partial charge in [-0.15, -0.1) is 12.4 Å². The van der Waals surface area contributed by atoms with Crippen molar-refractivity contribution < 1.29 is 14.0 Å². The zero-order valence-corrected chi connectivity index (χ0v) is 16.7. The van der Waals surface area contributed by atoms with Gasteiger partial charge >= 0.3 is 0 Å². The molecule has 1 aromatic carbocycles. The summed E-state index contributed by atoms with van der Waals surface area (Å²) in [7, 11) is 0. The Labute approximate surface area is 169 Å². The molecule has 2 aliphatic rings. The van der Waals surface area contributed by atoms with E-state index in [0.717, 1.165) is 12.0 Å². The third-order valence-electron chi connectivity index (χ3n) is 5.27. The van der Waals surface area contributed by atoms with Gasteiger partial charge < -0.3 is 14.6 Å². The minimum atomic E-state index is -0.170. The number of Topliss-reactive ketones (excluding diaryl/α,β-unsaturated/α-hetero) is 1. The van der Waals surface area contributed by atoms with Crippen LogP contribution >= 0.6 is 24.0 Å². The first-order valence-corrected chi connectivity index (χ1v) is 9.37. The Hall–Kier alpha value is -1.82. The zero-order chi connectivity index (χ0) is 18.3. The summed E-state index contributed by atoms with van der Waals surface area (Å²) in [5.41, 5.74) is 2.20. The van der Waals surface area contributed by atoms with Crippen LogP contribution in [0, 0.1) is 6.92 Å². The number of aryl methyl sites for hydroxylation is 1. The zero-order valence-electron chi connectivity index (χ0n) is 15.1. The number of ketones is 1. The lowest BCUT2D eigenvalue weighted by Crippen LogP contribution is -2.48. The molecule has 27 heavy (non-hydrogen) atoms. The average Bonchev–Trinajstić information content (AvgIpc) is 2.99. The van der Waals surface area contributed by atoms with Crippen molar-refractivity contribution in [1.82, 2.24) is 10.2 Å². The number of rotatable bonds is 2. The van der Waals surface area contributed by atoms with Crippen molar-refractivity contribution in [3.8, 4) is 0 Å². The highest BCUT2D eigenvalue weighted by atomic mass is 35.5. The van der Waals surface area contributed by atoms with Crippen molar-refractivity contribution >= 4 is 35.7 Å². The maximum atomic E-state index is 13.3. The van der Waals surface area contributed by atoms with Gasteiger partial charge in [-0.25, -0.2) is 0 Å². The first-order valence-electron chi connectivity index (χ1n) is 8.99. The van der Waals surface area contributed by atoms with E-state index in [0.29, 0.717) is 60.1 Å². The molecule has 1 atom stereocenters. The van der Waals surface area contributed by atoms with E-state index in [4.69, 9.17) is 16.0 Å². The second kappa shape index (κ2) is 8.05. The number of carbonyl (C=O) groups is 2. The summed E-state index contributed by atoms with van der Waals surface area (Å²) in [6.07, 6.45) is 2.02. The molecule has 2 heterocycles. The van der Waals surface area contributed by atoms with Gasteiger partial charge in [-0.1, -0.05) is 29.8 Å². The van der Waals surface area contributed by atoms with Crippen LogP contribution in [0.5, 0.6) is 0 Å². The first kappa shape index (κ1) is 19.9. The highest BCUT2D eigenvalue weighted by Gasteiger charge is 2.35. The maximum Gasteiger partial charge on any atom is 0.290 e. The molecule has 1 aliphatic carbocycles. The second-order valence-corrected chi connectivity index (χ2v) is 7.28. The van der Waals surface area contributed by atoms with Crippen LogP contribution in [0.15, 0.2) is 28.7 Å². The number of nitrogens with one attached hydrogen (secondary N) is 1. The number of hydrogen-bond acceptors (Lipinski definition) is 4. The Bertz CT molecular complexity index is 878. The largest absolute Gasteiger partial charge is 0.455 e. The van der Waals surface area contributed by atoms with Crippen LogP contribution in [-0.4, -0.2) is 36.2 Å². The van der Waals surface area contributed by atoms with Gasteiger partial charge in [0.1, 0.15) is 5.76 Å². The van der Waals surface area contributed by atoms with E-state index < -0.39 is 0 Å². The van der Waals surface area contributed by atoms with E-state index in [-0.39, 0.29) is 30.1 Å². The lowest BCUT2D eigenvalue weighted by atomic mass is 9.93. The summed E-state index contributed by atoms with van der Waals surface area (Å²) in [6, 6.07) is 7.42. The first-order chi connectivity index (χ1) is 12.6. The van der Waals surface area contributed by atoms with Gasteiger partial charge in [0.25, 0.3) is 5.91 Å². The van der Waals surface area contributed by atoms with Crippen molar-refractivity contribution in [3.05, 3.63) is 57.5 Å². The Balaban J connectivity index is 0.00000210. The topological polar surface area (TPSA) is 62.6 Å². The molecule has 1 N–H and O–H groups in total. The van der Waals surface area contributed by atoms with E-state index in [1.165, 1.54) is 0 Å². The molecule has 0 spiro atoms. The summed E-state index contributed by atoms with van der Waals surface area (Å²) in [4.78, 5) is 27.3. The Morgan fingerprint density at radius 2 is 2.07 bits per heavy atom. The number of piperazine rings is 1. The second-order valence-electron chi connectivity index (χ2n) is 6.87. The molecule has 0 bridgehead atoms. The Morgan fingerprint density at radius 3 is 2.81 bits per heavy atom. The van der Waals surface area contributed by atoms with E-state index >= 15 is 0 Å². The fourth-order valence-corrected chi connectivity index (χ4v) is 4.22. The fraction of sp³-hybridized carbons (Fsp3) is 0.400. The normalized spacial score (nSPS) is 19.4. The monoisotopic (exact) mass is 408 g/mol. The SMILES string of the molecule is Cc1c(C(=O)N2CCNCC2c2ccccc2Cl)oc2c1C(=O)CCC2.Cl. The molecule has 144 valence electrons. The number of nitrogens with zero attached hydrogens (tertiary/aromatic N) is 1. The standard InChI is InChI=1S/C20H21ClN2O3.ClH/c1-12-18-16(24)7-4-8-17(18)26-19(12)20(25)23-10-9-22-11-15(23)13-5-2-3-6-14(13)21;/h2-3,5-6,15,22H,4,7-11H2,1H3;1H. The summed E-state index contributed by atoms with van der Waals surface area (Å²) >= 11 is 6.37.